The van der Waals surface area contributed by atoms with Crippen LogP contribution in [0.25, 0.3) is 0 Å². The van der Waals surface area contributed by atoms with Crippen LogP contribution in [0.3, 0.4) is 0 Å². The van der Waals surface area contributed by atoms with Gasteiger partial charge in [-0.2, -0.15) is 0 Å². The molecule has 4 heteroatoms. The molecule has 1 aliphatic heterocycles. The predicted octanol–water partition coefficient (Wildman–Crippen LogP) is 3.55. The first-order valence-corrected chi connectivity index (χ1v) is 8.38. The number of thioether (sulfide) groups is 2. The Bertz CT molecular complexity index is 397. The van der Waals surface area contributed by atoms with Crippen molar-refractivity contribution < 1.29 is 4.79 Å². The highest BCUT2D eigenvalue weighted by atomic mass is 32.2. The lowest BCUT2D eigenvalue weighted by Crippen LogP contribution is -2.27. The van der Waals surface area contributed by atoms with Gasteiger partial charge in [-0.15, -0.1) is 23.5 Å². The standard InChI is InChI=1S/C14H19NOS2/c1-10(2)9-15-13(16)11-3-5-12(6-4-11)14-17-7-8-18-14/h3-6,10,14H,7-9H2,1-2H3,(H,15,16). The van der Waals surface area contributed by atoms with Crippen LogP contribution < -0.4 is 5.32 Å². The van der Waals surface area contributed by atoms with Crippen LogP contribution in [0, 0.1) is 5.92 Å². The second-order valence-electron chi connectivity index (χ2n) is 4.80. The fraction of sp³-hybridized carbons (Fsp3) is 0.500. The summed E-state index contributed by atoms with van der Waals surface area (Å²) in [5.74, 6) is 2.97. The summed E-state index contributed by atoms with van der Waals surface area (Å²) in [5.41, 5.74) is 2.08. The third-order valence-electron chi connectivity index (χ3n) is 2.74. The number of rotatable bonds is 4. The molecule has 1 aromatic carbocycles. The van der Waals surface area contributed by atoms with E-state index in [1.165, 1.54) is 17.1 Å². The Morgan fingerprint density at radius 1 is 1.28 bits per heavy atom. The zero-order chi connectivity index (χ0) is 13.0. The number of nitrogens with one attached hydrogen (secondary N) is 1. The van der Waals surface area contributed by atoms with Crippen LogP contribution in [0.4, 0.5) is 0 Å². The van der Waals surface area contributed by atoms with Crippen molar-refractivity contribution >= 4 is 29.4 Å². The van der Waals surface area contributed by atoms with E-state index in [1.54, 1.807) is 0 Å². The first-order valence-electron chi connectivity index (χ1n) is 6.28. The zero-order valence-electron chi connectivity index (χ0n) is 10.8. The summed E-state index contributed by atoms with van der Waals surface area (Å²) in [6.45, 7) is 4.92. The van der Waals surface area contributed by atoms with Gasteiger partial charge in [0.25, 0.3) is 5.91 Å². The Hall–Kier alpha value is -0.610. The number of carbonyl (C=O) groups excluding carboxylic acids is 1. The molecule has 0 atom stereocenters. The summed E-state index contributed by atoms with van der Waals surface area (Å²) in [6, 6.07) is 8.04. The summed E-state index contributed by atoms with van der Waals surface area (Å²) in [6.07, 6.45) is 0. The van der Waals surface area contributed by atoms with E-state index in [1.807, 2.05) is 35.7 Å². The molecular formula is C14H19NOS2. The van der Waals surface area contributed by atoms with Crippen molar-refractivity contribution in [1.29, 1.82) is 0 Å². The van der Waals surface area contributed by atoms with E-state index in [2.05, 4.69) is 31.3 Å². The maximum atomic E-state index is 11.9. The van der Waals surface area contributed by atoms with Crippen LogP contribution >= 0.6 is 23.5 Å². The zero-order valence-corrected chi connectivity index (χ0v) is 12.4. The lowest BCUT2D eigenvalue weighted by Gasteiger charge is -2.10. The first-order chi connectivity index (χ1) is 8.66. The molecule has 1 fully saturated rings. The largest absolute Gasteiger partial charge is 0.352 e. The monoisotopic (exact) mass is 281 g/mol. The Balaban J connectivity index is 1.96. The molecule has 0 spiro atoms. The Morgan fingerprint density at radius 2 is 1.89 bits per heavy atom. The average Bonchev–Trinajstić information content (AvgIpc) is 2.90. The van der Waals surface area contributed by atoms with Gasteiger partial charge in [-0.05, 0) is 23.6 Å². The maximum Gasteiger partial charge on any atom is 0.251 e. The summed E-state index contributed by atoms with van der Waals surface area (Å²) in [4.78, 5) is 11.9. The van der Waals surface area contributed by atoms with Crippen LogP contribution in [0.1, 0.15) is 34.4 Å². The molecule has 1 heterocycles. The second kappa shape index (κ2) is 6.53. The molecule has 2 rings (SSSR count). The molecule has 2 nitrogen and oxygen atoms in total. The van der Waals surface area contributed by atoms with Gasteiger partial charge in [0.15, 0.2) is 0 Å². The van der Waals surface area contributed by atoms with Crippen LogP contribution in [0.15, 0.2) is 24.3 Å². The van der Waals surface area contributed by atoms with Gasteiger partial charge in [-0.1, -0.05) is 26.0 Å². The van der Waals surface area contributed by atoms with Gasteiger partial charge < -0.3 is 5.32 Å². The third kappa shape index (κ3) is 3.69. The Kier molecular flexibility index (Phi) is 5.01. The fourth-order valence-electron chi connectivity index (χ4n) is 1.74. The van der Waals surface area contributed by atoms with E-state index >= 15 is 0 Å². The average molecular weight is 281 g/mol. The molecule has 18 heavy (non-hydrogen) atoms. The van der Waals surface area contributed by atoms with Gasteiger partial charge in [0.2, 0.25) is 0 Å². The molecule has 0 unspecified atom stereocenters. The van der Waals surface area contributed by atoms with Gasteiger partial charge in [0.05, 0.1) is 4.58 Å². The van der Waals surface area contributed by atoms with Crippen molar-refractivity contribution in [3.63, 3.8) is 0 Å². The lowest BCUT2D eigenvalue weighted by molar-refractivity contribution is 0.0949. The molecule has 1 amide bonds. The van der Waals surface area contributed by atoms with Crippen molar-refractivity contribution in [3.8, 4) is 0 Å². The third-order valence-corrected chi connectivity index (χ3v) is 5.84. The highest BCUT2D eigenvalue weighted by Crippen LogP contribution is 2.45. The minimum absolute atomic E-state index is 0.0296. The van der Waals surface area contributed by atoms with E-state index in [0.717, 1.165) is 12.1 Å². The van der Waals surface area contributed by atoms with E-state index in [9.17, 15) is 4.79 Å². The smallest absolute Gasteiger partial charge is 0.251 e. The fourth-order valence-corrected chi connectivity index (χ4v) is 4.60. The van der Waals surface area contributed by atoms with Gasteiger partial charge in [0.1, 0.15) is 0 Å². The molecule has 1 aliphatic rings. The van der Waals surface area contributed by atoms with Crippen LogP contribution in [-0.2, 0) is 0 Å². The number of amides is 1. The van der Waals surface area contributed by atoms with Gasteiger partial charge in [-0.25, -0.2) is 0 Å². The molecule has 0 aromatic heterocycles. The van der Waals surface area contributed by atoms with Crippen molar-refractivity contribution in [3.05, 3.63) is 35.4 Å². The van der Waals surface area contributed by atoms with Crippen molar-refractivity contribution in [2.24, 2.45) is 5.92 Å². The summed E-state index contributed by atoms with van der Waals surface area (Å²) < 4.78 is 0.553. The topological polar surface area (TPSA) is 29.1 Å². The summed E-state index contributed by atoms with van der Waals surface area (Å²) in [7, 11) is 0. The van der Waals surface area contributed by atoms with E-state index in [-0.39, 0.29) is 5.91 Å². The highest BCUT2D eigenvalue weighted by Gasteiger charge is 2.18. The van der Waals surface area contributed by atoms with Crippen molar-refractivity contribution in [2.45, 2.75) is 18.4 Å². The van der Waals surface area contributed by atoms with Crippen molar-refractivity contribution in [1.82, 2.24) is 5.32 Å². The summed E-state index contributed by atoms with van der Waals surface area (Å²) in [5, 5.41) is 2.94. The van der Waals surface area contributed by atoms with Gasteiger partial charge in [-0.3, -0.25) is 4.79 Å². The molecule has 0 aliphatic carbocycles. The summed E-state index contributed by atoms with van der Waals surface area (Å²) >= 11 is 3.97. The molecular weight excluding hydrogens is 262 g/mol. The Labute approximate surface area is 117 Å². The van der Waals surface area contributed by atoms with Gasteiger partial charge in [0, 0.05) is 23.6 Å². The first kappa shape index (κ1) is 13.8. The van der Waals surface area contributed by atoms with Crippen molar-refractivity contribution in [2.75, 3.05) is 18.1 Å². The van der Waals surface area contributed by atoms with Crippen LogP contribution in [0.5, 0.6) is 0 Å². The number of benzene rings is 1. The normalized spacial score (nSPS) is 16.2. The lowest BCUT2D eigenvalue weighted by atomic mass is 10.1. The molecule has 1 N–H and O–H groups in total. The molecule has 1 aromatic rings. The van der Waals surface area contributed by atoms with E-state index < -0.39 is 0 Å². The quantitative estimate of drug-likeness (QED) is 0.915. The Morgan fingerprint density at radius 3 is 2.44 bits per heavy atom. The molecule has 0 saturated carbocycles. The minimum Gasteiger partial charge on any atom is -0.352 e. The molecule has 0 bridgehead atoms. The second-order valence-corrected chi connectivity index (χ2v) is 7.52. The number of hydrogen-bond acceptors (Lipinski definition) is 3. The number of hydrogen-bond donors (Lipinski definition) is 1. The molecule has 98 valence electrons. The SMILES string of the molecule is CC(C)CNC(=O)c1ccc(C2SCCS2)cc1. The van der Waals surface area contributed by atoms with Crippen LogP contribution in [-0.4, -0.2) is 24.0 Å². The molecule has 0 radical (unpaired) electrons. The minimum atomic E-state index is 0.0296. The predicted molar refractivity (Wildman–Crippen MR) is 81.3 cm³/mol. The number of carbonyl (C=O) groups is 1. The molecule has 1 saturated heterocycles. The highest BCUT2D eigenvalue weighted by molar-refractivity contribution is 8.19. The van der Waals surface area contributed by atoms with E-state index in [4.69, 9.17) is 0 Å². The van der Waals surface area contributed by atoms with Gasteiger partial charge >= 0.3 is 0 Å². The maximum absolute atomic E-state index is 11.9. The van der Waals surface area contributed by atoms with Crippen LogP contribution in [0.2, 0.25) is 0 Å². The van der Waals surface area contributed by atoms with E-state index in [0.29, 0.717) is 10.5 Å².